The minimum atomic E-state index is -1.99. The third-order valence-corrected chi connectivity index (χ3v) is 10.2. The van der Waals surface area contributed by atoms with E-state index in [2.05, 4.69) is 40.8 Å². The van der Waals surface area contributed by atoms with E-state index < -0.39 is 8.32 Å². The number of halogens is 2. The first kappa shape index (κ1) is 23.9. The van der Waals surface area contributed by atoms with E-state index in [4.69, 9.17) is 37.1 Å². The average Bonchev–Trinajstić information content (AvgIpc) is 2.53. The number of ether oxygens (including phenoxy) is 2. The number of benzene rings is 1. The Bertz CT molecular complexity index is 538. The third-order valence-electron chi connectivity index (χ3n) is 5.08. The highest BCUT2D eigenvalue weighted by atomic mass is 35.5. The molecule has 0 spiro atoms. The molecule has 0 aromatic heterocycles. The zero-order valence-electron chi connectivity index (χ0n) is 17.2. The Morgan fingerprint density at radius 2 is 1.69 bits per heavy atom. The number of hydrogen-bond acceptors (Lipinski definition) is 3. The highest BCUT2D eigenvalue weighted by molar-refractivity contribution is 6.74. The van der Waals surface area contributed by atoms with E-state index in [1.807, 2.05) is 18.2 Å². The molecule has 0 aliphatic rings. The van der Waals surface area contributed by atoms with Gasteiger partial charge in [-0.1, -0.05) is 69.8 Å². The molecule has 0 N–H and O–H groups in total. The monoisotopic (exact) mass is 420 g/mol. The Morgan fingerprint density at radius 1 is 1.12 bits per heavy atom. The van der Waals surface area contributed by atoms with Crippen molar-refractivity contribution in [2.24, 2.45) is 0 Å². The molecule has 0 aliphatic heterocycles. The molecule has 1 rings (SSSR count). The molecule has 0 radical (unpaired) electrons. The molecular formula is C20H34Cl2O3Si. The average molecular weight is 421 g/mol. The lowest BCUT2D eigenvalue weighted by Crippen LogP contribution is -2.46. The maximum absolute atomic E-state index is 6.77. The summed E-state index contributed by atoms with van der Waals surface area (Å²) in [5.41, 5.74) is 0.785. The van der Waals surface area contributed by atoms with E-state index in [1.165, 1.54) is 0 Å². The fourth-order valence-corrected chi connectivity index (χ4v) is 4.50. The first-order valence-corrected chi connectivity index (χ1v) is 12.9. The maximum Gasteiger partial charge on any atom is 0.192 e. The minimum absolute atomic E-state index is 0.105. The molecule has 26 heavy (non-hydrogen) atoms. The quantitative estimate of drug-likeness (QED) is 0.294. The van der Waals surface area contributed by atoms with Crippen molar-refractivity contribution in [3.63, 3.8) is 0 Å². The van der Waals surface area contributed by atoms with Crippen molar-refractivity contribution in [2.45, 2.75) is 77.3 Å². The number of methoxy groups -OCH3 is 1. The predicted molar refractivity (Wildman–Crippen MR) is 114 cm³/mol. The molecule has 0 bridgehead atoms. The largest absolute Gasteiger partial charge is 0.411 e. The molecule has 1 aromatic rings. The van der Waals surface area contributed by atoms with Crippen molar-refractivity contribution < 1.29 is 13.9 Å². The topological polar surface area (TPSA) is 27.7 Å². The predicted octanol–water partition coefficient (Wildman–Crippen LogP) is 7.24. The van der Waals surface area contributed by atoms with Crippen LogP contribution >= 0.6 is 23.2 Å². The summed E-state index contributed by atoms with van der Waals surface area (Å²) in [5.74, 6) is 0. The van der Waals surface area contributed by atoms with Gasteiger partial charge in [-0.3, -0.25) is 0 Å². The van der Waals surface area contributed by atoms with Gasteiger partial charge in [-0.05, 0) is 36.7 Å². The second-order valence-corrected chi connectivity index (χ2v) is 13.8. The SMILES string of the molecule is CCCCC(O[Si](C)(C)C(C)(C)C)C(OCOC)c1c(Cl)cccc1Cl. The summed E-state index contributed by atoms with van der Waals surface area (Å²) >= 11 is 13.0. The third kappa shape index (κ3) is 6.50. The summed E-state index contributed by atoms with van der Waals surface area (Å²) < 4.78 is 18.0. The van der Waals surface area contributed by atoms with Crippen molar-refractivity contribution in [3.8, 4) is 0 Å². The van der Waals surface area contributed by atoms with Crippen LogP contribution in [0.2, 0.25) is 28.2 Å². The van der Waals surface area contributed by atoms with Crippen molar-refractivity contribution in [3.05, 3.63) is 33.8 Å². The highest BCUT2D eigenvalue weighted by Gasteiger charge is 2.41. The van der Waals surface area contributed by atoms with E-state index >= 15 is 0 Å². The molecule has 150 valence electrons. The fourth-order valence-electron chi connectivity index (χ4n) is 2.53. The van der Waals surface area contributed by atoms with E-state index in [9.17, 15) is 0 Å². The second-order valence-electron chi connectivity index (χ2n) is 8.19. The molecule has 0 aliphatic carbocycles. The summed E-state index contributed by atoms with van der Waals surface area (Å²) in [6.07, 6.45) is 2.54. The van der Waals surface area contributed by atoms with Gasteiger partial charge in [0.05, 0.1) is 6.10 Å². The second kappa shape index (κ2) is 10.4. The Hall–Kier alpha value is -0.103. The molecule has 2 unspecified atom stereocenters. The maximum atomic E-state index is 6.77. The summed E-state index contributed by atoms with van der Waals surface area (Å²) in [4.78, 5) is 0. The molecule has 2 atom stereocenters. The Morgan fingerprint density at radius 3 is 2.15 bits per heavy atom. The molecule has 1 aromatic carbocycles. The zero-order valence-corrected chi connectivity index (χ0v) is 19.7. The van der Waals surface area contributed by atoms with Crippen LogP contribution in [0.25, 0.3) is 0 Å². The van der Waals surface area contributed by atoms with Crippen LogP contribution in [0.1, 0.15) is 58.6 Å². The van der Waals surface area contributed by atoms with E-state index in [-0.39, 0.29) is 24.0 Å². The summed E-state index contributed by atoms with van der Waals surface area (Å²) in [6, 6.07) is 5.53. The smallest absolute Gasteiger partial charge is 0.192 e. The van der Waals surface area contributed by atoms with Gasteiger partial charge < -0.3 is 13.9 Å². The minimum Gasteiger partial charge on any atom is -0.411 e. The molecular weight excluding hydrogens is 387 g/mol. The molecule has 0 heterocycles. The van der Waals surface area contributed by atoms with Crippen LogP contribution < -0.4 is 0 Å². The summed E-state index contributed by atoms with van der Waals surface area (Å²) in [7, 11) is -0.382. The first-order valence-electron chi connectivity index (χ1n) is 9.27. The lowest BCUT2D eigenvalue weighted by atomic mass is 10.00. The number of hydrogen-bond donors (Lipinski definition) is 0. The van der Waals surface area contributed by atoms with Gasteiger partial charge in [0.1, 0.15) is 12.9 Å². The Balaban J connectivity index is 3.29. The van der Waals surface area contributed by atoms with Crippen molar-refractivity contribution in [2.75, 3.05) is 13.9 Å². The number of rotatable bonds is 10. The molecule has 0 saturated carbocycles. The zero-order chi connectivity index (χ0) is 20.0. The van der Waals surface area contributed by atoms with Crippen molar-refractivity contribution in [1.82, 2.24) is 0 Å². The molecule has 0 amide bonds. The van der Waals surface area contributed by atoms with Crippen LogP contribution in [-0.4, -0.2) is 28.3 Å². The standard InChI is InChI=1S/C20H34Cl2O3Si/c1-8-9-13-17(25-26(6,7)20(2,3)4)19(24-14-23-5)18-15(21)11-10-12-16(18)22/h10-12,17,19H,8-9,13-14H2,1-7H3. The van der Waals surface area contributed by atoms with Gasteiger partial charge in [-0.2, -0.15) is 0 Å². The molecule has 6 heteroatoms. The van der Waals surface area contributed by atoms with Gasteiger partial charge in [-0.25, -0.2) is 0 Å². The lowest BCUT2D eigenvalue weighted by Gasteiger charge is -2.41. The van der Waals surface area contributed by atoms with Gasteiger partial charge in [0.25, 0.3) is 0 Å². The van der Waals surface area contributed by atoms with Gasteiger partial charge in [-0.15, -0.1) is 0 Å². The summed E-state index contributed by atoms with van der Waals surface area (Å²) in [6.45, 7) is 13.6. The molecule has 3 nitrogen and oxygen atoms in total. The lowest BCUT2D eigenvalue weighted by molar-refractivity contribution is -0.113. The van der Waals surface area contributed by atoms with Crippen LogP contribution in [0.15, 0.2) is 18.2 Å². The van der Waals surface area contributed by atoms with Crippen molar-refractivity contribution >= 4 is 31.5 Å². The molecule has 0 fully saturated rings. The van der Waals surface area contributed by atoms with Gasteiger partial charge in [0.2, 0.25) is 0 Å². The van der Waals surface area contributed by atoms with Crippen LogP contribution in [0.5, 0.6) is 0 Å². The Kier molecular flexibility index (Phi) is 9.61. The van der Waals surface area contributed by atoms with Crippen LogP contribution in [0, 0.1) is 0 Å². The van der Waals surface area contributed by atoms with Crippen LogP contribution in [0.3, 0.4) is 0 Å². The van der Waals surface area contributed by atoms with E-state index in [0.717, 1.165) is 24.8 Å². The van der Waals surface area contributed by atoms with Gasteiger partial charge >= 0.3 is 0 Å². The first-order chi connectivity index (χ1) is 12.0. The van der Waals surface area contributed by atoms with E-state index in [1.54, 1.807) is 7.11 Å². The normalized spacial score (nSPS) is 15.1. The number of unbranched alkanes of at least 4 members (excludes halogenated alkanes) is 1. The van der Waals surface area contributed by atoms with Gasteiger partial charge in [0, 0.05) is 22.7 Å². The Labute approximate surface area is 170 Å². The summed E-state index contributed by atoms with van der Waals surface area (Å²) in [5, 5.41) is 1.30. The molecule has 0 saturated heterocycles. The van der Waals surface area contributed by atoms with Gasteiger partial charge in [0.15, 0.2) is 8.32 Å². The van der Waals surface area contributed by atoms with Crippen molar-refractivity contribution in [1.29, 1.82) is 0 Å². The highest BCUT2D eigenvalue weighted by Crippen LogP contribution is 2.42. The van der Waals surface area contributed by atoms with Crippen LogP contribution in [0.4, 0.5) is 0 Å². The fraction of sp³-hybridized carbons (Fsp3) is 0.700. The van der Waals surface area contributed by atoms with E-state index in [0.29, 0.717) is 10.0 Å². The van der Waals surface area contributed by atoms with Crippen LogP contribution in [-0.2, 0) is 13.9 Å².